The average Bonchev–Trinajstić information content (AvgIpc) is 2.44. The molecule has 1 aliphatic rings. The molecule has 1 heterocycles. The Bertz CT molecular complexity index is 177. The molecule has 0 bridgehead atoms. The molecule has 0 fully saturated rings. The summed E-state index contributed by atoms with van der Waals surface area (Å²) in [5.41, 5.74) is 1.43. The number of hydrogen-bond donors (Lipinski definition) is 0. The van der Waals surface area contributed by atoms with Crippen molar-refractivity contribution in [3.05, 3.63) is 25.3 Å². The van der Waals surface area contributed by atoms with Crippen molar-refractivity contribution in [2.75, 3.05) is 7.05 Å². The summed E-state index contributed by atoms with van der Waals surface area (Å²) in [6, 6.07) is 0.531. The van der Waals surface area contributed by atoms with E-state index < -0.39 is 0 Å². The minimum Gasteiger partial charge on any atom is -0.217 e. The van der Waals surface area contributed by atoms with Crippen molar-refractivity contribution in [3.63, 3.8) is 0 Å². The smallest absolute Gasteiger partial charge is 0.217 e. The van der Waals surface area contributed by atoms with Gasteiger partial charge in [0.2, 0.25) is 11.8 Å². The third-order valence-electron chi connectivity index (χ3n) is 1.72. The fourth-order valence-electron chi connectivity index (χ4n) is 1.07. The van der Waals surface area contributed by atoms with E-state index in [-0.39, 0.29) is 0 Å². The molecule has 1 rings (SSSR count). The van der Waals surface area contributed by atoms with Gasteiger partial charge in [0.25, 0.3) is 0 Å². The average molecular weight is 122 g/mol. The van der Waals surface area contributed by atoms with Crippen LogP contribution in [0.3, 0.4) is 0 Å². The Labute approximate surface area is 56.0 Å². The summed E-state index contributed by atoms with van der Waals surface area (Å²) >= 11 is 0. The first kappa shape index (κ1) is 6.27. The van der Waals surface area contributed by atoms with Crippen LogP contribution in [0.15, 0.2) is 25.3 Å². The van der Waals surface area contributed by atoms with E-state index in [1.54, 1.807) is 0 Å². The fraction of sp³-hybridized carbons (Fsp3) is 0.375. The standard InChI is InChI=1S/C8H12N/c1-4-6-8-7(5-2)9(8)3/h4-5,7H,1-2,6H2,3H3/q+1. The summed E-state index contributed by atoms with van der Waals surface area (Å²) in [4.78, 5) is 0. The lowest BCUT2D eigenvalue weighted by Gasteiger charge is -1.70. The third kappa shape index (κ3) is 0.947. The van der Waals surface area contributed by atoms with Gasteiger partial charge in [-0.25, -0.2) is 4.58 Å². The predicted octanol–water partition coefficient (Wildman–Crippen LogP) is 1.21. The Morgan fingerprint density at radius 1 is 1.67 bits per heavy atom. The van der Waals surface area contributed by atoms with Gasteiger partial charge in [0.15, 0.2) is 0 Å². The summed E-state index contributed by atoms with van der Waals surface area (Å²) in [5, 5.41) is 0. The van der Waals surface area contributed by atoms with Crippen LogP contribution in [0.5, 0.6) is 0 Å². The van der Waals surface area contributed by atoms with Crippen LogP contribution in [-0.2, 0) is 0 Å². The van der Waals surface area contributed by atoms with Gasteiger partial charge in [-0.05, 0) is 6.08 Å². The van der Waals surface area contributed by atoms with Gasteiger partial charge in [-0.1, -0.05) is 12.7 Å². The first-order valence-electron chi connectivity index (χ1n) is 3.13. The molecule has 0 aromatic heterocycles. The van der Waals surface area contributed by atoms with Crippen molar-refractivity contribution in [1.29, 1.82) is 0 Å². The second-order valence-electron chi connectivity index (χ2n) is 2.28. The topological polar surface area (TPSA) is 3.01 Å². The lowest BCUT2D eigenvalue weighted by Crippen LogP contribution is -1.92. The summed E-state index contributed by atoms with van der Waals surface area (Å²) in [7, 11) is 2.07. The molecule has 0 N–H and O–H groups in total. The van der Waals surface area contributed by atoms with Crippen LogP contribution >= 0.6 is 0 Å². The van der Waals surface area contributed by atoms with Gasteiger partial charge in [0.05, 0.1) is 6.42 Å². The molecule has 1 nitrogen and oxygen atoms in total. The van der Waals surface area contributed by atoms with Gasteiger partial charge in [-0.15, -0.1) is 6.58 Å². The SMILES string of the molecule is C=CCC1=[N+](C)C1C=C. The number of rotatable bonds is 3. The van der Waals surface area contributed by atoms with E-state index in [0.29, 0.717) is 6.04 Å². The van der Waals surface area contributed by atoms with E-state index >= 15 is 0 Å². The number of allylic oxidation sites excluding steroid dienone is 1. The first-order chi connectivity index (χ1) is 4.31. The van der Waals surface area contributed by atoms with E-state index in [1.165, 1.54) is 5.71 Å². The molecule has 0 saturated carbocycles. The second kappa shape index (κ2) is 2.18. The van der Waals surface area contributed by atoms with E-state index in [9.17, 15) is 0 Å². The molecule has 0 radical (unpaired) electrons. The Balaban J connectivity index is 2.45. The summed E-state index contributed by atoms with van der Waals surface area (Å²) in [5.74, 6) is 0. The predicted molar refractivity (Wildman–Crippen MR) is 40.0 cm³/mol. The van der Waals surface area contributed by atoms with E-state index in [2.05, 4.69) is 24.8 Å². The molecule has 0 aromatic rings. The van der Waals surface area contributed by atoms with Crippen LogP contribution in [0.1, 0.15) is 6.42 Å². The zero-order valence-corrected chi connectivity index (χ0v) is 5.80. The van der Waals surface area contributed by atoms with Gasteiger partial charge in [-0.3, -0.25) is 0 Å². The minimum absolute atomic E-state index is 0.531. The van der Waals surface area contributed by atoms with Crippen molar-refractivity contribution in [2.45, 2.75) is 12.5 Å². The van der Waals surface area contributed by atoms with Crippen molar-refractivity contribution in [1.82, 2.24) is 0 Å². The van der Waals surface area contributed by atoms with E-state index in [1.807, 2.05) is 12.2 Å². The molecule has 0 saturated heterocycles. The van der Waals surface area contributed by atoms with Crippen molar-refractivity contribution >= 4 is 5.71 Å². The largest absolute Gasteiger partial charge is 0.249 e. The molecular weight excluding hydrogens is 110 g/mol. The maximum atomic E-state index is 3.71. The summed E-state index contributed by atoms with van der Waals surface area (Å²) in [6.07, 6.45) is 4.89. The highest BCUT2D eigenvalue weighted by atomic mass is 15.2. The Morgan fingerprint density at radius 3 is 2.67 bits per heavy atom. The molecule has 9 heavy (non-hydrogen) atoms. The number of hydrogen-bond acceptors (Lipinski definition) is 0. The Kier molecular flexibility index (Phi) is 1.52. The zero-order valence-electron chi connectivity index (χ0n) is 5.80. The molecule has 0 spiro atoms. The van der Waals surface area contributed by atoms with Gasteiger partial charge in [-0.2, -0.15) is 0 Å². The molecule has 1 unspecified atom stereocenters. The van der Waals surface area contributed by atoms with Crippen molar-refractivity contribution < 1.29 is 4.58 Å². The fourth-order valence-corrected chi connectivity index (χ4v) is 1.07. The highest BCUT2D eigenvalue weighted by Gasteiger charge is 2.40. The van der Waals surface area contributed by atoms with Crippen LogP contribution in [0.25, 0.3) is 0 Å². The first-order valence-corrected chi connectivity index (χ1v) is 3.13. The molecule has 0 amide bonds. The lowest BCUT2D eigenvalue weighted by molar-refractivity contribution is -0.427. The van der Waals surface area contributed by atoms with Crippen molar-refractivity contribution in [3.8, 4) is 0 Å². The van der Waals surface area contributed by atoms with E-state index in [4.69, 9.17) is 0 Å². The highest BCUT2D eigenvalue weighted by Crippen LogP contribution is 2.13. The van der Waals surface area contributed by atoms with Crippen molar-refractivity contribution in [2.24, 2.45) is 0 Å². The molecule has 48 valence electrons. The highest BCUT2D eigenvalue weighted by molar-refractivity contribution is 5.94. The third-order valence-corrected chi connectivity index (χ3v) is 1.72. The van der Waals surface area contributed by atoms with Gasteiger partial charge >= 0.3 is 0 Å². The van der Waals surface area contributed by atoms with Gasteiger partial charge in [0.1, 0.15) is 7.05 Å². The monoisotopic (exact) mass is 122 g/mol. The molecule has 0 aliphatic carbocycles. The van der Waals surface area contributed by atoms with Crippen LogP contribution in [0.4, 0.5) is 0 Å². The van der Waals surface area contributed by atoms with E-state index in [0.717, 1.165) is 6.42 Å². The van der Waals surface area contributed by atoms with Crippen LogP contribution in [-0.4, -0.2) is 23.4 Å². The molecular formula is C8H12N+. The van der Waals surface area contributed by atoms with Crippen LogP contribution < -0.4 is 0 Å². The molecule has 0 aromatic carbocycles. The summed E-state index contributed by atoms with van der Waals surface area (Å²) in [6.45, 7) is 7.37. The normalized spacial score (nSPS) is 23.9. The lowest BCUT2D eigenvalue weighted by atomic mass is 10.2. The maximum Gasteiger partial charge on any atom is 0.249 e. The number of nitrogens with zero attached hydrogens (tertiary/aromatic N) is 1. The Hall–Kier alpha value is -0.850. The molecule has 1 aliphatic heterocycles. The van der Waals surface area contributed by atoms with Crippen LogP contribution in [0, 0.1) is 0 Å². The zero-order chi connectivity index (χ0) is 6.85. The summed E-state index contributed by atoms with van der Waals surface area (Å²) < 4.78 is 2.20. The Morgan fingerprint density at radius 2 is 2.33 bits per heavy atom. The van der Waals surface area contributed by atoms with Gasteiger partial charge < -0.3 is 0 Å². The maximum absolute atomic E-state index is 3.71. The quantitative estimate of drug-likeness (QED) is 0.391. The van der Waals surface area contributed by atoms with Gasteiger partial charge in [0, 0.05) is 0 Å². The minimum atomic E-state index is 0.531. The molecule has 1 heteroatoms. The van der Waals surface area contributed by atoms with Crippen LogP contribution in [0.2, 0.25) is 0 Å². The second-order valence-corrected chi connectivity index (χ2v) is 2.28. The molecule has 1 atom stereocenters. The number of likely N-dealkylation sites (N-methyl/N-ethyl adjacent to an activating group) is 1.